The van der Waals surface area contributed by atoms with E-state index >= 15 is 0 Å². The maximum absolute atomic E-state index is 13.1. The van der Waals surface area contributed by atoms with Gasteiger partial charge in [-0.1, -0.05) is 0 Å². The van der Waals surface area contributed by atoms with E-state index in [1.54, 1.807) is 20.8 Å². The quantitative estimate of drug-likeness (QED) is 0.183. The molecule has 0 bridgehead atoms. The minimum absolute atomic E-state index is 0.159. The summed E-state index contributed by atoms with van der Waals surface area (Å²) in [5, 5.41) is 0. The average molecular weight is 435 g/mol. The second-order valence-electron chi connectivity index (χ2n) is 5.17. The monoisotopic (exact) mass is 434 g/mol. The summed E-state index contributed by atoms with van der Waals surface area (Å²) in [6, 6.07) is 0.717. The molecule has 0 aromatic heterocycles. The van der Waals surface area contributed by atoms with Crippen molar-refractivity contribution in [1.82, 2.24) is 0 Å². The summed E-state index contributed by atoms with van der Waals surface area (Å²) in [6.07, 6.45) is -1.58. The van der Waals surface area contributed by atoms with E-state index in [1.165, 1.54) is 0 Å². The fraction of sp³-hybridized carbons (Fsp3) is 1.00. The molecule has 0 aliphatic carbocycles. The summed E-state index contributed by atoms with van der Waals surface area (Å²) < 4.78 is 60.9. The van der Waals surface area contributed by atoms with Gasteiger partial charge in [0.25, 0.3) is 0 Å². The molecule has 7 nitrogen and oxygen atoms in total. The molecule has 0 fully saturated rings. The average Bonchev–Trinajstić information content (AvgIpc) is 2.63. The Morgan fingerprint density at radius 3 is 1.43 bits per heavy atom. The zero-order valence-corrected chi connectivity index (χ0v) is 19.4. The maximum Gasteiger partial charge on any atom is 0.501 e. The van der Waals surface area contributed by atoms with Gasteiger partial charge in [0, 0.05) is 32.5 Å². The molecule has 0 radical (unpaired) electrons. The third-order valence-electron chi connectivity index (χ3n) is 3.04. The number of rotatable bonds is 18. The molecular weight excluding hydrogens is 394 g/mol. The molecule has 0 unspecified atom stereocenters. The highest BCUT2D eigenvalue weighted by molar-refractivity contribution is 6.60. The first-order valence-electron chi connectivity index (χ1n) is 10.1. The molecule has 0 saturated heterocycles. The Balaban J connectivity index is 0. The number of halogens is 2. The van der Waals surface area contributed by atoms with E-state index in [1.807, 2.05) is 20.8 Å². The second kappa shape index (κ2) is 20.1. The Bertz CT molecular complexity index is 294. The van der Waals surface area contributed by atoms with Gasteiger partial charge in [-0.15, -0.1) is 0 Å². The van der Waals surface area contributed by atoms with E-state index in [9.17, 15) is 8.78 Å². The SMILES string of the molecule is CCOC(F)(OCC)OCC.CCO[Si](CCCOCCF)(OCC)OCC. The predicted molar refractivity (Wildman–Crippen MR) is 106 cm³/mol. The highest BCUT2D eigenvalue weighted by Gasteiger charge is 2.39. The zero-order valence-electron chi connectivity index (χ0n) is 18.4. The standard InChI is InChI=1S/C11H25FO4Si.C7H15FO3/c1-4-14-17(15-5-2,16-6-3)11-7-9-13-10-8-12;1-4-9-7(8,10-5-2)11-6-3/h4-11H2,1-3H3;4-6H2,1-3H3. The van der Waals surface area contributed by atoms with Crippen molar-refractivity contribution in [3.8, 4) is 0 Å². The van der Waals surface area contributed by atoms with Crippen LogP contribution in [0.3, 0.4) is 0 Å². The third-order valence-corrected chi connectivity index (χ3v) is 6.19. The topological polar surface area (TPSA) is 64.6 Å². The van der Waals surface area contributed by atoms with Gasteiger partial charge in [-0.2, -0.15) is 4.39 Å². The Labute approximate surface area is 170 Å². The molecule has 0 rings (SSSR count). The molecule has 0 aliphatic heterocycles. The van der Waals surface area contributed by atoms with Crippen molar-refractivity contribution in [2.24, 2.45) is 0 Å². The molecule has 28 heavy (non-hydrogen) atoms. The molecule has 0 aromatic carbocycles. The van der Waals surface area contributed by atoms with E-state index in [0.717, 1.165) is 12.5 Å². The van der Waals surface area contributed by atoms with E-state index in [2.05, 4.69) is 14.2 Å². The largest absolute Gasteiger partial charge is 0.501 e. The van der Waals surface area contributed by atoms with Crippen LogP contribution in [0.4, 0.5) is 8.78 Å². The summed E-state index contributed by atoms with van der Waals surface area (Å²) in [5.41, 5.74) is 0. The molecule has 0 spiro atoms. The molecular formula is C18H40F2O7Si. The van der Waals surface area contributed by atoms with Crippen LogP contribution < -0.4 is 0 Å². The summed E-state index contributed by atoms with van der Waals surface area (Å²) in [5.74, 6) is 0. The highest BCUT2D eigenvalue weighted by Crippen LogP contribution is 2.18. The van der Waals surface area contributed by atoms with Gasteiger partial charge >= 0.3 is 15.0 Å². The first-order valence-corrected chi connectivity index (χ1v) is 12.0. The molecule has 0 aliphatic rings. The lowest BCUT2D eigenvalue weighted by Crippen LogP contribution is -2.46. The van der Waals surface area contributed by atoms with Crippen LogP contribution in [0, 0.1) is 0 Å². The van der Waals surface area contributed by atoms with Gasteiger partial charge in [0.15, 0.2) is 0 Å². The smallest absolute Gasteiger partial charge is 0.379 e. The van der Waals surface area contributed by atoms with Crippen molar-refractivity contribution >= 4 is 8.80 Å². The first kappa shape index (κ1) is 30.0. The second-order valence-corrected chi connectivity index (χ2v) is 7.90. The Morgan fingerprint density at radius 1 is 0.679 bits per heavy atom. The van der Waals surface area contributed by atoms with Gasteiger partial charge in [-0.3, -0.25) is 14.2 Å². The lowest BCUT2D eigenvalue weighted by atomic mass is 10.5. The van der Waals surface area contributed by atoms with Crippen LogP contribution in [-0.4, -0.2) is 74.6 Å². The molecule has 0 atom stereocenters. The predicted octanol–water partition coefficient (Wildman–Crippen LogP) is 4.09. The Morgan fingerprint density at radius 2 is 1.11 bits per heavy atom. The minimum atomic E-state index is -2.53. The third kappa shape index (κ3) is 15.7. The molecule has 0 heterocycles. The molecule has 0 amide bonds. The Kier molecular flexibility index (Phi) is 21.5. The van der Waals surface area contributed by atoms with E-state index in [0.29, 0.717) is 26.4 Å². The summed E-state index contributed by atoms with van der Waals surface area (Å²) in [4.78, 5) is 0. The van der Waals surface area contributed by atoms with Crippen LogP contribution in [0.5, 0.6) is 0 Å². The first-order chi connectivity index (χ1) is 13.4. The molecule has 10 heteroatoms. The van der Waals surface area contributed by atoms with Crippen LogP contribution in [0.2, 0.25) is 6.04 Å². The number of alkyl halides is 2. The molecule has 0 aromatic rings. The zero-order chi connectivity index (χ0) is 21.7. The van der Waals surface area contributed by atoms with Gasteiger partial charge in [-0.05, 0) is 48.0 Å². The van der Waals surface area contributed by atoms with Crippen molar-refractivity contribution in [3.05, 3.63) is 0 Å². The number of hydrogen-bond donors (Lipinski definition) is 0. The molecule has 0 saturated carbocycles. The van der Waals surface area contributed by atoms with Crippen LogP contribution in [0.1, 0.15) is 48.0 Å². The lowest BCUT2D eigenvalue weighted by Gasteiger charge is -2.28. The Hall–Kier alpha value is -0.203. The van der Waals surface area contributed by atoms with Crippen LogP contribution in [-0.2, 0) is 32.2 Å². The summed E-state index contributed by atoms with van der Waals surface area (Å²) >= 11 is 0. The number of ether oxygens (including phenoxy) is 4. The highest BCUT2D eigenvalue weighted by atomic mass is 28.4. The van der Waals surface area contributed by atoms with Gasteiger partial charge in [0.1, 0.15) is 6.67 Å². The summed E-state index contributed by atoms with van der Waals surface area (Å²) in [7, 11) is -2.53. The van der Waals surface area contributed by atoms with Gasteiger partial charge in [0.05, 0.1) is 26.4 Å². The molecule has 172 valence electrons. The fourth-order valence-corrected chi connectivity index (χ4v) is 4.77. The van der Waals surface area contributed by atoms with Crippen LogP contribution in [0.15, 0.2) is 0 Å². The molecule has 0 N–H and O–H groups in total. The minimum Gasteiger partial charge on any atom is -0.379 e. The van der Waals surface area contributed by atoms with E-state index < -0.39 is 21.7 Å². The van der Waals surface area contributed by atoms with Crippen molar-refractivity contribution in [2.75, 3.05) is 59.5 Å². The van der Waals surface area contributed by atoms with E-state index in [4.69, 9.17) is 18.0 Å². The summed E-state index contributed by atoms with van der Waals surface area (Å²) in [6.45, 7) is 13.4. The van der Waals surface area contributed by atoms with Gasteiger partial charge in [0.2, 0.25) is 0 Å². The van der Waals surface area contributed by atoms with Crippen molar-refractivity contribution in [1.29, 1.82) is 0 Å². The fourth-order valence-electron chi connectivity index (χ4n) is 2.19. The van der Waals surface area contributed by atoms with Crippen LogP contribution in [0.25, 0.3) is 0 Å². The maximum atomic E-state index is 13.1. The van der Waals surface area contributed by atoms with Crippen molar-refractivity contribution < 1.29 is 41.0 Å². The van der Waals surface area contributed by atoms with Crippen molar-refractivity contribution in [2.45, 2.75) is 60.2 Å². The van der Waals surface area contributed by atoms with Crippen LogP contribution >= 0.6 is 0 Å². The normalized spacial score (nSPS) is 12.0. The van der Waals surface area contributed by atoms with E-state index in [-0.39, 0.29) is 26.4 Å². The number of hydrogen-bond acceptors (Lipinski definition) is 7. The van der Waals surface area contributed by atoms with Gasteiger partial charge in [-0.25, -0.2) is 4.39 Å². The van der Waals surface area contributed by atoms with Crippen molar-refractivity contribution in [3.63, 3.8) is 0 Å². The lowest BCUT2D eigenvalue weighted by molar-refractivity contribution is -0.446. The van der Waals surface area contributed by atoms with Gasteiger partial charge < -0.3 is 18.0 Å².